The summed E-state index contributed by atoms with van der Waals surface area (Å²) in [5.74, 6) is -0.836. The van der Waals surface area contributed by atoms with E-state index in [-0.39, 0.29) is 11.8 Å². The average Bonchev–Trinajstić information content (AvgIpc) is 2.95. The molecule has 0 aromatic heterocycles. The van der Waals surface area contributed by atoms with Crippen LogP contribution in [0.15, 0.2) is 30.3 Å². The van der Waals surface area contributed by atoms with Crippen LogP contribution in [0.25, 0.3) is 0 Å². The number of aliphatic carboxylic acids is 1. The van der Waals surface area contributed by atoms with Crippen molar-refractivity contribution in [3.63, 3.8) is 0 Å². The van der Waals surface area contributed by atoms with Gasteiger partial charge in [-0.2, -0.15) is 0 Å². The lowest BCUT2D eigenvalue weighted by Crippen LogP contribution is -2.45. The zero-order chi connectivity index (χ0) is 15.6. The minimum Gasteiger partial charge on any atom is -0.481 e. The summed E-state index contributed by atoms with van der Waals surface area (Å²) in [4.78, 5) is 25.8. The molecule has 0 saturated carbocycles. The Kier molecular flexibility index (Phi) is 4.16. The molecule has 22 heavy (non-hydrogen) atoms. The summed E-state index contributed by atoms with van der Waals surface area (Å²) in [5, 5.41) is 9.61. The highest BCUT2D eigenvalue weighted by Gasteiger charge is 2.54. The van der Waals surface area contributed by atoms with E-state index in [0.717, 1.165) is 5.56 Å². The maximum absolute atomic E-state index is 12.4. The van der Waals surface area contributed by atoms with Crippen molar-refractivity contribution in [1.29, 1.82) is 0 Å². The topological polar surface area (TPSA) is 66.8 Å². The molecule has 2 heterocycles. The lowest BCUT2D eigenvalue weighted by molar-refractivity contribution is -0.157. The van der Waals surface area contributed by atoms with Gasteiger partial charge in [0.15, 0.2) is 0 Å². The molecule has 118 valence electrons. The van der Waals surface area contributed by atoms with E-state index in [1.165, 1.54) is 0 Å². The summed E-state index contributed by atoms with van der Waals surface area (Å²) < 4.78 is 5.41. The van der Waals surface area contributed by atoms with Crippen molar-refractivity contribution in [1.82, 2.24) is 4.90 Å². The molecule has 0 bridgehead atoms. The fourth-order valence-corrected chi connectivity index (χ4v) is 3.54. The number of hydrogen-bond donors (Lipinski definition) is 1. The molecule has 1 N–H and O–H groups in total. The minimum atomic E-state index is -0.805. The summed E-state index contributed by atoms with van der Waals surface area (Å²) >= 11 is 0. The molecular weight excluding hydrogens is 282 g/mol. The second-order valence-electron chi connectivity index (χ2n) is 6.24. The van der Waals surface area contributed by atoms with Crippen LogP contribution in [0.4, 0.5) is 0 Å². The summed E-state index contributed by atoms with van der Waals surface area (Å²) in [6, 6.07) is 9.88. The fourth-order valence-electron chi connectivity index (χ4n) is 3.54. The van der Waals surface area contributed by atoms with Crippen molar-refractivity contribution in [2.45, 2.75) is 19.3 Å². The maximum Gasteiger partial charge on any atom is 0.311 e. The zero-order valence-corrected chi connectivity index (χ0v) is 12.5. The van der Waals surface area contributed by atoms with E-state index in [1.54, 1.807) is 4.90 Å². The zero-order valence-electron chi connectivity index (χ0n) is 12.5. The van der Waals surface area contributed by atoms with E-state index in [1.807, 2.05) is 30.3 Å². The van der Waals surface area contributed by atoms with Gasteiger partial charge in [-0.3, -0.25) is 9.59 Å². The summed E-state index contributed by atoms with van der Waals surface area (Å²) in [5.41, 5.74) is 0.324. The molecule has 1 aromatic carbocycles. The monoisotopic (exact) mass is 303 g/mol. The molecule has 5 heteroatoms. The highest BCUT2D eigenvalue weighted by molar-refractivity contribution is 5.81. The number of hydrogen-bond acceptors (Lipinski definition) is 3. The highest BCUT2D eigenvalue weighted by atomic mass is 16.5. The van der Waals surface area contributed by atoms with Gasteiger partial charge in [-0.05, 0) is 18.4 Å². The summed E-state index contributed by atoms with van der Waals surface area (Å²) in [7, 11) is 0. The van der Waals surface area contributed by atoms with Crippen LogP contribution in [0.5, 0.6) is 0 Å². The van der Waals surface area contributed by atoms with Gasteiger partial charge in [0.2, 0.25) is 5.91 Å². The Labute approximate surface area is 129 Å². The summed E-state index contributed by atoms with van der Waals surface area (Å²) in [6.45, 7) is 1.73. The van der Waals surface area contributed by atoms with Crippen LogP contribution in [-0.2, 0) is 20.7 Å². The molecule has 2 atom stereocenters. The van der Waals surface area contributed by atoms with E-state index in [2.05, 4.69) is 0 Å². The predicted octanol–water partition coefficient (Wildman–Crippen LogP) is 1.57. The number of benzene rings is 1. The Morgan fingerprint density at radius 1 is 1.32 bits per heavy atom. The third-order valence-corrected chi connectivity index (χ3v) is 4.96. The Bertz CT molecular complexity index is 559. The number of carboxylic acids is 1. The molecule has 2 aliphatic heterocycles. The van der Waals surface area contributed by atoms with Crippen molar-refractivity contribution >= 4 is 11.9 Å². The lowest BCUT2D eigenvalue weighted by atomic mass is 9.74. The van der Waals surface area contributed by atoms with Crippen LogP contribution in [0.2, 0.25) is 0 Å². The number of ether oxygens (including phenoxy) is 1. The SMILES string of the molecule is O=C(CCc1ccccc1)N1C[C@H]2COCC[C@@]2(C(=O)O)C1. The van der Waals surface area contributed by atoms with Crippen LogP contribution < -0.4 is 0 Å². The van der Waals surface area contributed by atoms with E-state index >= 15 is 0 Å². The van der Waals surface area contributed by atoms with Gasteiger partial charge in [-0.15, -0.1) is 0 Å². The Hall–Kier alpha value is -1.88. The molecule has 2 fully saturated rings. The minimum absolute atomic E-state index is 0.0406. The average molecular weight is 303 g/mol. The quantitative estimate of drug-likeness (QED) is 0.917. The van der Waals surface area contributed by atoms with Gasteiger partial charge < -0.3 is 14.7 Å². The highest BCUT2D eigenvalue weighted by Crippen LogP contribution is 2.42. The first kappa shape index (κ1) is 15.0. The van der Waals surface area contributed by atoms with Crippen LogP contribution in [0, 0.1) is 11.3 Å². The molecule has 1 aromatic rings. The van der Waals surface area contributed by atoms with E-state index in [9.17, 15) is 14.7 Å². The third-order valence-electron chi connectivity index (χ3n) is 4.96. The number of nitrogens with zero attached hydrogens (tertiary/aromatic N) is 1. The van der Waals surface area contributed by atoms with E-state index in [4.69, 9.17) is 4.74 Å². The molecule has 2 aliphatic rings. The largest absolute Gasteiger partial charge is 0.481 e. The number of carboxylic acid groups (broad SMARTS) is 1. The van der Waals surface area contributed by atoms with Gasteiger partial charge in [0.05, 0.1) is 12.0 Å². The van der Waals surface area contributed by atoms with Crippen molar-refractivity contribution in [2.75, 3.05) is 26.3 Å². The Morgan fingerprint density at radius 2 is 2.09 bits per heavy atom. The van der Waals surface area contributed by atoms with Gasteiger partial charge in [0.25, 0.3) is 0 Å². The van der Waals surface area contributed by atoms with Gasteiger partial charge in [0, 0.05) is 32.0 Å². The molecule has 0 aliphatic carbocycles. The molecular formula is C17H21NO4. The first-order valence-corrected chi connectivity index (χ1v) is 7.75. The normalized spacial score (nSPS) is 27.5. The first-order chi connectivity index (χ1) is 10.6. The fraction of sp³-hybridized carbons (Fsp3) is 0.529. The second kappa shape index (κ2) is 6.08. The molecule has 1 amide bonds. The number of amides is 1. The standard InChI is InChI=1S/C17H21NO4/c19-15(7-6-13-4-2-1-3-5-13)18-10-14-11-22-9-8-17(14,12-18)16(20)21/h1-5,14H,6-12H2,(H,20,21)/t14-,17+/m0/s1. The van der Waals surface area contributed by atoms with Crippen molar-refractivity contribution in [3.8, 4) is 0 Å². The van der Waals surface area contributed by atoms with Crippen molar-refractivity contribution in [3.05, 3.63) is 35.9 Å². The smallest absolute Gasteiger partial charge is 0.311 e. The van der Waals surface area contributed by atoms with Gasteiger partial charge in [0.1, 0.15) is 0 Å². The van der Waals surface area contributed by atoms with Crippen LogP contribution in [0.3, 0.4) is 0 Å². The Morgan fingerprint density at radius 3 is 2.77 bits per heavy atom. The molecule has 0 unspecified atom stereocenters. The Balaban J connectivity index is 1.63. The van der Waals surface area contributed by atoms with E-state index < -0.39 is 11.4 Å². The number of rotatable bonds is 4. The number of fused-ring (bicyclic) bond motifs is 1. The van der Waals surface area contributed by atoms with E-state index in [0.29, 0.717) is 45.6 Å². The van der Waals surface area contributed by atoms with Gasteiger partial charge in [-0.1, -0.05) is 30.3 Å². The molecule has 2 saturated heterocycles. The maximum atomic E-state index is 12.4. The lowest BCUT2D eigenvalue weighted by Gasteiger charge is -2.33. The van der Waals surface area contributed by atoms with Crippen LogP contribution in [0.1, 0.15) is 18.4 Å². The number of likely N-dealkylation sites (tertiary alicyclic amines) is 1. The van der Waals surface area contributed by atoms with Gasteiger partial charge >= 0.3 is 5.97 Å². The van der Waals surface area contributed by atoms with Crippen LogP contribution >= 0.6 is 0 Å². The van der Waals surface area contributed by atoms with Gasteiger partial charge in [-0.25, -0.2) is 0 Å². The number of carbonyl (C=O) groups excluding carboxylic acids is 1. The number of aryl methyl sites for hydroxylation is 1. The van der Waals surface area contributed by atoms with Crippen molar-refractivity contribution < 1.29 is 19.4 Å². The molecule has 0 radical (unpaired) electrons. The number of carbonyl (C=O) groups is 2. The molecule has 3 rings (SSSR count). The van der Waals surface area contributed by atoms with Crippen LogP contribution in [-0.4, -0.2) is 48.2 Å². The van der Waals surface area contributed by atoms with Crippen molar-refractivity contribution in [2.24, 2.45) is 11.3 Å². The summed E-state index contributed by atoms with van der Waals surface area (Å²) in [6.07, 6.45) is 1.61. The predicted molar refractivity (Wildman–Crippen MR) is 80.3 cm³/mol. The molecule has 0 spiro atoms. The third kappa shape index (κ3) is 2.73. The second-order valence-corrected chi connectivity index (χ2v) is 6.24. The molecule has 5 nitrogen and oxygen atoms in total. The first-order valence-electron chi connectivity index (χ1n) is 7.75.